The molecule has 14 heavy (non-hydrogen) atoms. The van der Waals surface area contributed by atoms with Gasteiger partial charge in [-0.15, -0.1) is 0 Å². The van der Waals surface area contributed by atoms with Gasteiger partial charge in [-0.25, -0.2) is 0 Å². The molecular weight excluding hydrogens is 178 g/mol. The summed E-state index contributed by atoms with van der Waals surface area (Å²) in [6, 6.07) is 0.906. The lowest BCUT2D eigenvalue weighted by molar-refractivity contribution is -0.253. The molecule has 3 heteroatoms. The maximum atomic E-state index is 5.57. The van der Waals surface area contributed by atoms with Gasteiger partial charge in [-0.3, -0.25) is 0 Å². The van der Waals surface area contributed by atoms with E-state index in [4.69, 9.17) is 9.47 Å². The van der Waals surface area contributed by atoms with E-state index >= 15 is 0 Å². The van der Waals surface area contributed by atoms with Gasteiger partial charge < -0.3 is 14.8 Å². The highest BCUT2D eigenvalue weighted by atomic mass is 16.7. The van der Waals surface area contributed by atoms with Crippen LogP contribution in [0.15, 0.2) is 0 Å². The summed E-state index contributed by atoms with van der Waals surface area (Å²) in [7, 11) is 0. The third-order valence-electron chi connectivity index (χ3n) is 2.51. The minimum atomic E-state index is -0.397. The molecule has 0 saturated carbocycles. The summed E-state index contributed by atoms with van der Waals surface area (Å²) in [4.78, 5) is 0. The lowest BCUT2D eigenvalue weighted by Gasteiger charge is -2.36. The Morgan fingerprint density at radius 2 is 1.93 bits per heavy atom. The van der Waals surface area contributed by atoms with Crippen LogP contribution in [0.2, 0.25) is 0 Å². The van der Waals surface area contributed by atoms with E-state index in [2.05, 4.69) is 19.2 Å². The molecule has 1 rings (SSSR count). The maximum Gasteiger partial charge on any atom is 0.162 e. The Hall–Kier alpha value is -0.120. The van der Waals surface area contributed by atoms with Crippen molar-refractivity contribution in [2.24, 2.45) is 0 Å². The third-order valence-corrected chi connectivity index (χ3v) is 2.51. The van der Waals surface area contributed by atoms with Crippen molar-refractivity contribution in [1.29, 1.82) is 0 Å². The Balaban J connectivity index is 2.22. The van der Waals surface area contributed by atoms with Crippen molar-refractivity contribution >= 4 is 0 Å². The Morgan fingerprint density at radius 3 is 2.43 bits per heavy atom. The van der Waals surface area contributed by atoms with Crippen molar-refractivity contribution in [1.82, 2.24) is 5.32 Å². The summed E-state index contributed by atoms with van der Waals surface area (Å²) in [5.74, 6) is -0.397. The molecule has 0 aromatic carbocycles. The van der Waals surface area contributed by atoms with Crippen LogP contribution in [0.5, 0.6) is 0 Å². The molecule has 1 aliphatic rings. The van der Waals surface area contributed by atoms with Crippen LogP contribution in [0.1, 0.15) is 40.5 Å². The van der Waals surface area contributed by atoms with Crippen LogP contribution in [-0.2, 0) is 9.47 Å². The van der Waals surface area contributed by atoms with E-state index in [1.54, 1.807) is 0 Å². The first-order chi connectivity index (χ1) is 6.53. The number of ether oxygens (including phenoxy) is 2. The fourth-order valence-corrected chi connectivity index (χ4v) is 1.71. The van der Waals surface area contributed by atoms with Crippen molar-refractivity contribution in [2.45, 2.75) is 58.4 Å². The molecule has 0 aromatic rings. The van der Waals surface area contributed by atoms with Crippen molar-refractivity contribution in [2.75, 3.05) is 13.2 Å². The van der Waals surface area contributed by atoms with E-state index < -0.39 is 5.79 Å². The van der Waals surface area contributed by atoms with Gasteiger partial charge in [0.25, 0.3) is 0 Å². The third kappa shape index (κ3) is 3.95. The molecule has 0 bridgehead atoms. The quantitative estimate of drug-likeness (QED) is 0.753. The molecule has 1 saturated heterocycles. The summed E-state index contributed by atoms with van der Waals surface area (Å²) in [5.41, 5.74) is 0. The van der Waals surface area contributed by atoms with Gasteiger partial charge >= 0.3 is 0 Å². The van der Waals surface area contributed by atoms with Gasteiger partial charge in [0, 0.05) is 6.04 Å². The van der Waals surface area contributed by atoms with Gasteiger partial charge in [-0.1, -0.05) is 13.3 Å². The molecule has 1 unspecified atom stereocenters. The van der Waals surface area contributed by atoms with Crippen molar-refractivity contribution in [3.05, 3.63) is 0 Å². The second-order valence-electron chi connectivity index (χ2n) is 4.58. The highest BCUT2D eigenvalue weighted by Gasteiger charge is 2.28. The molecule has 0 aromatic heterocycles. The lowest BCUT2D eigenvalue weighted by Crippen LogP contribution is -2.50. The predicted octanol–water partition coefficient (Wildman–Crippen LogP) is 1.92. The summed E-state index contributed by atoms with van der Waals surface area (Å²) in [6.07, 6.45) is 2.42. The van der Waals surface area contributed by atoms with Crippen LogP contribution in [-0.4, -0.2) is 31.1 Å². The molecule has 1 atom stereocenters. The first-order valence-corrected chi connectivity index (χ1v) is 5.57. The highest BCUT2D eigenvalue weighted by molar-refractivity contribution is 4.75. The SMILES string of the molecule is CCCC(C)NC1COC(C)(C)OC1. The van der Waals surface area contributed by atoms with Crippen molar-refractivity contribution in [3.8, 4) is 0 Å². The topological polar surface area (TPSA) is 30.5 Å². The Labute approximate surface area is 87.2 Å². The molecule has 0 radical (unpaired) electrons. The van der Waals surface area contributed by atoms with E-state index in [1.165, 1.54) is 12.8 Å². The Morgan fingerprint density at radius 1 is 1.36 bits per heavy atom. The van der Waals surface area contributed by atoms with E-state index in [0.717, 1.165) is 13.2 Å². The summed E-state index contributed by atoms with van der Waals surface area (Å²) in [5, 5.41) is 3.51. The second-order valence-corrected chi connectivity index (χ2v) is 4.58. The molecule has 0 aliphatic carbocycles. The van der Waals surface area contributed by atoms with Gasteiger partial charge in [0.1, 0.15) is 0 Å². The first kappa shape index (κ1) is 12.0. The fraction of sp³-hybridized carbons (Fsp3) is 1.00. The zero-order valence-corrected chi connectivity index (χ0v) is 9.80. The molecule has 84 valence electrons. The first-order valence-electron chi connectivity index (χ1n) is 5.57. The molecule has 0 spiro atoms. The van der Waals surface area contributed by atoms with E-state index in [0.29, 0.717) is 12.1 Å². The second kappa shape index (κ2) is 5.10. The van der Waals surface area contributed by atoms with E-state index in [1.807, 2.05) is 13.8 Å². The van der Waals surface area contributed by atoms with Crippen molar-refractivity contribution < 1.29 is 9.47 Å². The lowest BCUT2D eigenvalue weighted by atomic mass is 10.1. The molecule has 1 heterocycles. The summed E-state index contributed by atoms with van der Waals surface area (Å²) >= 11 is 0. The van der Waals surface area contributed by atoms with Crippen LogP contribution in [0.3, 0.4) is 0 Å². The average Bonchev–Trinajstić information content (AvgIpc) is 2.09. The minimum absolute atomic E-state index is 0.351. The van der Waals surface area contributed by atoms with Gasteiger partial charge in [-0.05, 0) is 27.2 Å². The van der Waals surface area contributed by atoms with Crippen LogP contribution in [0.4, 0.5) is 0 Å². The zero-order valence-electron chi connectivity index (χ0n) is 9.80. The molecular formula is C11H23NO2. The maximum absolute atomic E-state index is 5.57. The molecule has 1 fully saturated rings. The number of hydrogen-bond acceptors (Lipinski definition) is 3. The van der Waals surface area contributed by atoms with Gasteiger partial charge in [-0.2, -0.15) is 0 Å². The Bertz CT molecular complexity index is 161. The van der Waals surface area contributed by atoms with Crippen LogP contribution < -0.4 is 5.32 Å². The monoisotopic (exact) mass is 201 g/mol. The highest BCUT2D eigenvalue weighted by Crippen LogP contribution is 2.17. The summed E-state index contributed by atoms with van der Waals surface area (Å²) in [6.45, 7) is 9.83. The standard InChI is InChI=1S/C11H23NO2/c1-5-6-9(2)12-10-7-13-11(3,4)14-8-10/h9-10,12H,5-8H2,1-4H3. The Kier molecular flexibility index (Phi) is 4.35. The molecule has 1 N–H and O–H groups in total. The number of nitrogens with one attached hydrogen (secondary N) is 1. The average molecular weight is 201 g/mol. The molecule has 3 nitrogen and oxygen atoms in total. The molecule has 1 aliphatic heterocycles. The number of rotatable bonds is 4. The van der Waals surface area contributed by atoms with E-state index in [9.17, 15) is 0 Å². The van der Waals surface area contributed by atoms with Crippen LogP contribution in [0.25, 0.3) is 0 Å². The summed E-state index contributed by atoms with van der Waals surface area (Å²) < 4.78 is 11.1. The molecule has 0 amide bonds. The largest absolute Gasteiger partial charge is 0.349 e. The van der Waals surface area contributed by atoms with Gasteiger partial charge in [0.15, 0.2) is 5.79 Å². The predicted molar refractivity (Wildman–Crippen MR) is 57.3 cm³/mol. The normalized spacial score (nSPS) is 24.9. The van der Waals surface area contributed by atoms with E-state index in [-0.39, 0.29) is 0 Å². The minimum Gasteiger partial charge on any atom is -0.349 e. The van der Waals surface area contributed by atoms with Gasteiger partial charge in [0.05, 0.1) is 19.3 Å². The van der Waals surface area contributed by atoms with Crippen LogP contribution >= 0.6 is 0 Å². The van der Waals surface area contributed by atoms with Gasteiger partial charge in [0.2, 0.25) is 0 Å². The zero-order chi connectivity index (χ0) is 10.6. The number of hydrogen-bond donors (Lipinski definition) is 1. The fourth-order valence-electron chi connectivity index (χ4n) is 1.71. The van der Waals surface area contributed by atoms with Crippen molar-refractivity contribution in [3.63, 3.8) is 0 Å². The smallest absolute Gasteiger partial charge is 0.162 e. The van der Waals surface area contributed by atoms with Crippen LogP contribution in [0, 0.1) is 0 Å².